The summed E-state index contributed by atoms with van der Waals surface area (Å²) < 4.78 is 2.11. The Morgan fingerprint density at radius 1 is 1.29 bits per heavy atom. The molecule has 1 aliphatic heterocycles. The van der Waals surface area contributed by atoms with Gasteiger partial charge in [-0.3, -0.25) is 4.40 Å². The van der Waals surface area contributed by atoms with Crippen LogP contribution in [0.25, 0.3) is 16.7 Å². The molecule has 1 aliphatic rings. The Morgan fingerprint density at radius 2 is 2.04 bits per heavy atom. The van der Waals surface area contributed by atoms with Crippen molar-refractivity contribution in [2.24, 2.45) is 5.92 Å². The number of para-hydroxylation sites is 2. The van der Waals surface area contributed by atoms with Crippen molar-refractivity contribution in [1.82, 2.24) is 9.38 Å². The van der Waals surface area contributed by atoms with Crippen LogP contribution in [0.2, 0.25) is 0 Å². The number of nitrogens with zero attached hydrogens (tertiary/aromatic N) is 4. The molecular formula is C19H20N4O. The van der Waals surface area contributed by atoms with Gasteiger partial charge in [0.2, 0.25) is 0 Å². The third-order valence-electron chi connectivity index (χ3n) is 5.06. The zero-order valence-corrected chi connectivity index (χ0v) is 13.7. The van der Waals surface area contributed by atoms with Gasteiger partial charge >= 0.3 is 0 Å². The normalized spacial score (nSPS) is 16.0. The summed E-state index contributed by atoms with van der Waals surface area (Å²) in [5.41, 5.74) is 4.27. The molecule has 5 nitrogen and oxygen atoms in total. The third kappa shape index (κ3) is 2.22. The second-order valence-electron chi connectivity index (χ2n) is 6.54. The van der Waals surface area contributed by atoms with Crippen molar-refractivity contribution in [1.29, 1.82) is 5.26 Å². The molecule has 0 atom stereocenters. The van der Waals surface area contributed by atoms with Gasteiger partial charge in [0, 0.05) is 19.7 Å². The molecule has 0 spiro atoms. The van der Waals surface area contributed by atoms with E-state index in [0.29, 0.717) is 11.5 Å². The molecule has 5 heteroatoms. The second kappa shape index (κ2) is 5.81. The molecule has 0 amide bonds. The summed E-state index contributed by atoms with van der Waals surface area (Å²) >= 11 is 0. The average molecular weight is 320 g/mol. The van der Waals surface area contributed by atoms with Gasteiger partial charge in [0.15, 0.2) is 5.65 Å². The lowest BCUT2D eigenvalue weighted by molar-refractivity contribution is 0.202. The summed E-state index contributed by atoms with van der Waals surface area (Å²) in [6.45, 7) is 4.07. The summed E-state index contributed by atoms with van der Waals surface area (Å²) in [5.74, 6) is 1.49. The predicted octanol–water partition coefficient (Wildman–Crippen LogP) is 2.88. The van der Waals surface area contributed by atoms with E-state index in [1.807, 2.05) is 25.1 Å². The molecule has 122 valence electrons. The van der Waals surface area contributed by atoms with Crippen molar-refractivity contribution in [3.05, 3.63) is 41.5 Å². The minimum atomic E-state index is 0.268. The number of aliphatic hydroxyl groups is 1. The van der Waals surface area contributed by atoms with E-state index >= 15 is 0 Å². The average Bonchev–Trinajstić information content (AvgIpc) is 3.00. The molecule has 1 fully saturated rings. The van der Waals surface area contributed by atoms with E-state index in [1.165, 1.54) is 0 Å². The molecule has 3 heterocycles. The van der Waals surface area contributed by atoms with Crippen LogP contribution in [0.5, 0.6) is 0 Å². The van der Waals surface area contributed by atoms with Crippen LogP contribution in [-0.2, 0) is 0 Å². The van der Waals surface area contributed by atoms with Gasteiger partial charge in [-0.25, -0.2) is 4.98 Å². The molecule has 2 aromatic heterocycles. The number of imidazole rings is 1. The minimum absolute atomic E-state index is 0.268. The Balaban J connectivity index is 1.94. The number of pyridine rings is 1. The largest absolute Gasteiger partial charge is 0.396 e. The van der Waals surface area contributed by atoms with E-state index in [4.69, 9.17) is 4.98 Å². The molecule has 0 aliphatic carbocycles. The lowest BCUT2D eigenvalue weighted by Gasteiger charge is -2.33. The van der Waals surface area contributed by atoms with Crippen molar-refractivity contribution in [2.75, 3.05) is 24.6 Å². The summed E-state index contributed by atoms with van der Waals surface area (Å²) in [5, 5.41) is 18.9. The SMILES string of the molecule is Cc1cc(N2CCC(CO)CC2)n2c(nc3ccccc32)c1C#N. The van der Waals surface area contributed by atoms with Gasteiger partial charge in [-0.2, -0.15) is 5.26 Å². The monoisotopic (exact) mass is 320 g/mol. The van der Waals surface area contributed by atoms with E-state index in [-0.39, 0.29) is 6.61 Å². The second-order valence-corrected chi connectivity index (χ2v) is 6.54. The highest BCUT2D eigenvalue weighted by molar-refractivity contribution is 5.85. The quantitative estimate of drug-likeness (QED) is 0.788. The van der Waals surface area contributed by atoms with E-state index in [2.05, 4.69) is 27.5 Å². The molecule has 3 aromatic rings. The minimum Gasteiger partial charge on any atom is -0.396 e. The number of aromatic nitrogens is 2. The maximum atomic E-state index is 9.56. The predicted molar refractivity (Wildman–Crippen MR) is 94.2 cm³/mol. The van der Waals surface area contributed by atoms with E-state index in [0.717, 1.165) is 54.0 Å². The van der Waals surface area contributed by atoms with Crippen LogP contribution in [0, 0.1) is 24.2 Å². The first kappa shape index (κ1) is 15.0. The molecule has 0 saturated carbocycles. The Bertz CT molecular complexity index is 945. The van der Waals surface area contributed by atoms with Crippen molar-refractivity contribution >= 4 is 22.5 Å². The summed E-state index contributed by atoms with van der Waals surface area (Å²) in [7, 11) is 0. The van der Waals surface area contributed by atoms with Gasteiger partial charge in [-0.1, -0.05) is 12.1 Å². The number of rotatable bonds is 2. The fourth-order valence-electron chi connectivity index (χ4n) is 3.65. The van der Waals surface area contributed by atoms with Crippen LogP contribution in [0.15, 0.2) is 30.3 Å². The van der Waals surface area contributed by atoms with Crippen LogP contribution >= 0.6 is 0 Å². The maximum absolute atomic E-state index is 9.56. The number of nitriles is 1. The van der Waals surface area contributed by atoms with Crippen molar-refractivity contribution < 1.29 is 5.11 Å². The van der Waals surface area contributed by atoms with Gasteiger partial charge in [-0.05, 0) is 49.4 Å². The number of hydrogen-bond acceptors (Lipinski definition) is 4. The summed E-state index contributed by atoms with van der Waals surface area (Å²) in [4.78, 5) is 7.06. The van der Waals surface area contributed by atoms with E-state index in [1.54, 1.807) is 0 Å². The molecule has 0 bridgehead atoms. The fraction of sp³-hybridized carbons (Fsp3) is 0.368. The van der Waals surface area contributed by atoms with E-state index < -0.39 is 0 Å². The first-order chi connectivity index (χ1) is 11.7. The number of piperidine rings is 1. The first-order valence-electron chi connectivity index (χ1n) is 8.39. The number of anilines is 1. The van der Waals surface area contributed by atoms with Crippen LogP contribution in [0.1, 0.15) is 24.0 Å². The standard InChI is InChI=1S/C19H20N4O/c1-13-10-18(22-8-6-14(12-24)7-9-22)23-17-5-3-2-4-16(17)21-19(23)15(13)11-20/h2-5,10,14,24H,6-9,12H2,1H3. The highest BCUT2D eigenvalue weighted by Gasteiger charge is 2.23. The molecule has 0 unspecified atom stereocenters. The smallest absolute Gasteiger partial charge is 0.157 e. The van der Waals surface area contributed by atoms with Crippen LogP contribution in [0.3, 0.4) is 0 Å². The Labute approximate surface area is 140 Å². The highest BCUT2D eigenvalue weighted by Crippen LogP contribution is 2.30. The lowest BCUT2D eigenvalue weighted by Crippen LogP contribution is -2.36. The summed E-state index contributed by atoms with van der Waals surface area (Å²) in [6.07, 6.45) is 1.98. The van der Waals surface area contributed by atoms with Crippen LogP contribution < -0.4 is 4.90 Å². The number of aryl methyl sites for hydroxylation is 1. The molecule has 1 saturated heterocycles. The topological polar surface area (TPSA) is 64.6 Å². The fourth-order valence-corrected chi connectivity index (χ4v) is 3.65. The van der Waals surface area contributed by atoms with Gasteiger partial charge in [-0.15, -0.1) is 0 Å². The number of fused-ring (bicyclic) bond motifs is 3. The van der Waals surface area contributed by atoms with Gasteiger partial charge in [0.05, 0.1) is 16.6 Å². The van der Waals surface area contributed by atoms with Gasteiger partial charge in [0.25, 0.3) is 0 Å². The highest BCUT2D eigenvalue weighted by atomic mass is 16.3. The molecule has 1 N–H and O–H groups in total. The molecular weight excluding hydrogens is 300 g/mol. The lowest BCUT2D eigenvalue weighted by atomic mass is 9.98. The maximum Gasteiger partial charge on any atom is 0.157 e. The third-order valence-corrected chi connectivity index (χ3v) is 5.06. The van der Waals surface area contributed by atoms with Crippen molar-refractivity contribution in [3.8, 4) is 6.07 Å². The van der Waals surface area contributed by atoms with E-state index in [9.17, 15) is 10.4 Å². The molecule has 24 heavy (non-hydrogen) atoms. The zero-order valence-electron chi connectivity index (χ0n) is 13.7. The molecule has 1 aromatic carbocycles. The van der Waals surface area contributed by atoms with Gasteiger partial charge < -0.3 is 10.0 Å². The number of benzene rings is 1. The molecule has 4 rings (SSSR count). The zero-order chi connectivity index (χ0) is 16.7. The first-order valence-corrected chi connectivity index (χ1v) is 8.39. The van der Waals surface area contributed by atoms with Gasteiger partial charge in [0.1, 0.15) is 11.9 Å². The number of hydrogen-bond donors (Lipinski definition) is 1. The Kier molecular flexibility index (Phi) is 3.62. The Morgan fingerprint density at radius 3 is 2.75 bits per heavy atom. The Hall–Kier alpha value is -2.58. The molecule has 0 radical (unpaired) electrons. The van der Waals surface area contributed by atoms with Crippen LogP contribution in [-0.4, -0.2) is 34.2 Å². The summed E-state index contributed by atoms with van der Waals surface area (Å²) in [6, 6.07) is 12.4. The number of aliphatic hydroxyl groups excluding tert-OH is 1. The van der Waals surface area contributed by atoms with Crippen molar-refractivity contribution in [3.63, 3.8) is 0 Å². The van der Waals surface area contributed by atoms with Crippen molar-refractivity contribution in [2.45, 2.75) is 19.8 Å². The van der Waals surface area contributed by atoms with Crippen LogP contribution in [0.4, 0.5) is 5.82 Å².